The smallest absolute Gasteiger partial charge is 0.319 e. The van der Waals surface area contributed by atoms with Crippen LogP contribution in [-0.2, 0) is 9.53 Å². The van der Waals surface area contributed by atoms with Crippen molar-refractivity contribution in [2.24, 2.45) is 0 Å². The fourth-order valence-corrected chi connectivity index (χ4v) is 3.34. The van der Waals surface area contributed by atoms with Crippen LogP contribution in [-0.4, -0.2) is 32.6 Å². The van der Waals surface area contributed by atoms with Crippen molar-refractivity contribution in [2.45, 2.75) is 35.6 Å². The zero-order valence-corrected chi connectivity index (χ0v) is 12.3. The molecule has 1 aromatic carbocycles. The van der Waals surface area contributed by atoms with E-state index in [1.54, 1.807) is 0 Å². The van der Waals surface area contributed by atoms with Crippen LogP contribution in [0.25, 0.3) is 5.69 Å². The van der Waals surface area contributed by atoms with E-state index in [9.17, 15) is 4.79 Å². The van der Waals surface area contributed by atoms with Gasteiger partial charge in [0.2, 0.25) is 5.16 Å². The highest BCUT2D eigenvalue weighted by Crippen LogP contribution is 2.41. The molecule has 2 aliphatic rings. The first-order valence-corrected chi connectivity index (χ1v) is 8.05. The summed E-state index contributed by atoms with van der Waals surface area (Å²) in [6, 6.07) is 10.0. The Bertz CT molecular complexity index is 667. The highest BCUT2D eigenvalue weighted by Gasteiger charge is 2.33. The molecule has 1 saturated carbocycles. The number of esters is 1. The standard InChI is InChI=1S/C15H15N3O2S/c19-14-12(8-9-20-14)21-15-16-13(10-6-7-10)18(17-15)11-4-2-1-3-5-11/h1-5,10,12H,6-9H2/t12-/m1/s1. The highest BCUT2D eigenvalue weighted by atomic mass is 32.2. The van der Waals surface area contributed by atoms with E-state index in [0.717, 1.165) is 17.9 Å². The van der Waals surface area contributed by atoms with Gasteiger partial charge in [-0.1, -0.05) is 30.0 Å². The number of rotatable bonds is 4. The Hall–Kier alpha value is -1.82. The van der Waals surface area contributed by atoms with Gasteiger partial charge in [0.25, 0.3) is 0 Å². The van der Waals surface area contributed by atoms with Crippen molar-refractivity contribution in [3.05, 3.63) is 36.2 Å². The molecule has 0 bridgehead atoms. The molecule has 2 heterocycles. The number of cyclic esters (lactones) is 1. The minimum Gasteiger partial charge on any atom is -0.465 e. The van der Waals surface area contributed by atoms with Gasteiger partial charge >= 0.3 is 5.97 Å². The summed E-state index contributed by atoms with van der Waals surface area (Å²) in [6.07, 6.45) is 3.07. The van der Waals surface area contributed by atoms with Crippen LogP contribution in [0.5, 0.6) is 0 Å². The van der Waals surface area contributed by atoms with E-state index in [2.05, 4.69) is 10.1 Å². The van der Waals surface area contributed by atoms with Crippen molar-refractivity contribution in [1.82, 2.24) is 14.8 Å². The van der Waals surface area contributed by atoms with Gasteiger partial charge in [-0.05, 0) is 25.0 Å². The number of benzene rings is 1. The molecule has 2 fully saturated rings. The normalized spacial score (nSPS) is 21.5. The lowest BCUT2D eigenvalue weighted by Gasteiger charge is -2.03. The molecule has 1 aliphatic carbocycles. The second-order valence-corrected chi connectivity index (χ2v) is 6.51. The Labute approximate surface area is 126 Å². The third-order valence-corrected chi connectivity index (χ3v) is 4.79. The van der Waals surface area contributed by atoms with Crippen LogP contribution in [0.3, 0.4) is 0 Å². The summed E-state index contributed by atoms with van der Waals surface area (Å²) in [5.41, 5.74) is 1.02. The van der Waals surface area contributed by atoms with Gasteiger partial charge in [0, 0.05) is 12.3 Å². The van der Waals surface area contributed by atoms with Crippen molar-refractivity contribution >= 4 is 17.7 Å². The predicted molar refractivity (Wildman–Crippen MR) is 78.6 cm³/mol. The predicted octanol–water partition coefficient (Wildman–Crippen LogP) is 2.55. The summed E-state index contributed by atoms with van der Waals surface area (Å²) in [5.74, 6) is 1.36. The lowest BCUT2D eigenvalue weighted by Crippen LogP contribution is -2.09. The molecule has 0 spiro atoms. The van der Waals surface area contributed by atoms with Crippen LogP contribution in [0, 0.1) is 0 Å². The monoisotopic (exact) mass is 301 g/mol. The number of thioether (sulfide) groups is 1. The molecule has 6 heteroatoms. The van der Waals surface area contributed by atoms with Gasteiger partial charge in [0.05, 0.1) is 12.3 Å². The molecule has 21 heavy (non-hydrogen) atoms. The lowest BCUT2D eigenvalue weighted by atomic mass is 10.3. The van der Waals surface area contributed by atoms with E-state index < -0.39 is 0 Å². The van der Waals surface area contributed by atoms with Crippen molar-refractivity contribution in [3.8, 4) is 5.69 Å². The van der Waals surface area contributed by atoms with E-state index in [-0.39, 0.29) is 11.2 Å². The van der Waals surface area contributed by atoms with Crippen molar-refractivity contribution in [2.75, 3.05) is 6.61 Å². The maximum Gasteiger partial charge on any atom is 0.319 e. The Kier molecular flexibility index (Phi) is 3.18. The Morgan fingerprint density at radius 2 is 2.00 bits per heavy atom. The third-order valence-electron chi connectivity index (χ3n) is 3.69. The maximum absolute atomic E-state index is 11.6. The van der Waals surface area contributed by atoms with E-state index in [4.69, 9.17) is 4.74 Å². The second-order valence-electron chi connectivity index (χ2n) is 5.34. The first-order valence-electron chi connectivity index (χ1n) is 7.17. The summed E-state index contributed by atoms with van der Waals surface area (Å²) < 4.78 is 6.91. The number of ether oxygens (including phenoxy) is 1. The average Bonchev–Trinajstić information content (AvgIpc) is 3.16. The van der Waals surface area contributed by atoms with Crippen LogP contribution < -0.4 is 0 Å². The minimum atomic E-state index is -0.163. The molecule has 0 amide bonds. The van der Waals surface area contributed by atoms with Crippen molar-refractivity contribution < 1.29 is 9.53 Å². The van der Waals surface area contributed by atoms with E-state index in [1.165, 1.54) is 24.6 Å². The topological polar surface area (TPSA) is 57.0 Å². The first-order chi connectivity index (χ1) is 10.3. The molecule has 1 atom stereocenters. The van der Waals surface area contributed by atoms with E-state index in [0.29, 0.717) is 17.7 Å². The molecular formula is C15H15N3O2S. The van der Waals surface area contributed by atoms with Crippen LogP contribution >= 0.6 is 11.8 Å². The second kappa shape index (κ2) is 5.18. The number of aromatic nitrogens is 3. The lowest BCUT2D eigenvalue weighted by molar-refractivity contribution is -0.137. The van der Waals surface area contributed by atoms with Crippen LogP contribution in [0.2, 0.25) is 0 Å². The Morgan fingerprint density at radius 1 is 1.19 bits per heavy atom. The van der Waals surface area contributed by atoms with Gasteiger partial charge < -0.3 is 4.74 Å². The molecule has 1 saturated heterocycles. The van der Waals surface area contributed by atoms with E-state index in [1.807, 2.05) is 35.0 Å². The molecule has 5 nitrogen and oxygen atoms in total. The number of carbonyl (C=O) groups excluding carboxylic acids is 1. The number of para-hydroxylation sites is 1. The summed E-state index contributed by atoms with van der Waals surface area (Å²) in [6.45, 7) is 0.505. The summed E-state index contributed by atoms with van der Waals surface area (Å²) in [4.78, 5) is 16.2. The molecule has 4 rings (SSSR count). The van der Waals surface area contributed by atoms with Gasteiger partial charge in [-0.3, -0.25) is 4.79 Å². The number of carbonyl (C=O) groups is 1. The Balaban J connectivity index is 1.65. The summed E-state index contributed by atoms with van der Waals surface area (Å²) in [5, 5.41) is 5.11. The molecule has 0 N–H and O–H groups in total. The van der Waals surface area contributed by atoms with E-state index >= 15 is 0 Å². The van der Waals surface area contributed by atoms with Gasteiger partial charge in [-0.15, -0.1) is 5.10 Å². The van der Waals surface area contributed by atoms with Crippen molar-refractivity contribution in [1.29, 1.82) is 0 Å². The fraction of sp³-hybridized carbons (Fsp3) is 0.400. The maximum atomic E-state index is 11.6. The zero-order chi connectivity index (χ0) is 14.2. The largest absolute Gasteiger partial charge is 0.465 e. The van der Waals surface area contributed by atoms with Crippen molar-refractivity contribution in [3.63, 3.8) is 0 Å². The van der Waals surface area contributed by atoms with Gasteiger partial charge in [-0.2, -0.15) is 0 Å². The quantitative estimate of drug-likeness (QED) is 0.812. The number of hydrogen-bond donors (Lipinski definition) is 0. The SMILES string of the molecule is O=C1OCC[C@H]1Sc1nc(C2CC2)n(-c2ccccc2)n1. The molecule has 0 radical (unpaired) electrons. The zero-order valence-electron chi connectivity index (χ0n) is 11.4. The summed E-state index contributed by atoms with van der Waals surface area (Å²) in [7, 11) is 0. The minimum absolute atomic E-state index is 0.149. The van der Waals surface area contributed by atoms with Gasteiger partial charge in [0.1, 0.15) is 11.1 Å². The molecule has 0 unspecified atom stereocenters. The fourth-order valence-electron chi connectivity index (χ4n) is 2.43. The first kappa shape index (κ1) is 12.9. The molecule has 1 aliphatic heterocycles. The molecule has 108 valence electrons. The van der Waals surface area contributed by atoms with Crippen LogP contribution in [0.4, 0.5) is 0 Å². The Morgan fingerprint density at radius 3 is 2.67 bits per heavy atom. The van der Waals surface area contributed by atoms with Crippen LogP contribution in [0.15, 0.2) is 35.5 Å². The molecule has 2 aromatic rings. The van der Waals surface area contributed by atoms with Gasteiger partial charge in [0.15, 0.2) is 0 Å². The average molecular weight is 301 g/mol. The highest BCUT2D eigenvalue weighted by molar-refractivity contribution is 8.00. The number of nitrogens with zero attached hydrogens (tertiary/aromatic N) is 3. The number of hydrogen-bond acceptors (Lipinski definition) is 5. The van der Waals surface area contributed by atoms with Gasteiger partial charge in [-0.25, -0.2) is 9.67 Å². The third kappa shape index (κ3) is 2.55. The molecule has 1 aromatic heterocycles. The van der Waals surface area contributed by atoms with Crippen LogP contribution in [0.1, 0.15) is 31.0 Å². The summed E-state index contributed by atoms with van der Waals surface area (Å²) >= 11 is 1.42. The molecular weight excluding hydrogens is 286 g/mol.